The molecule has 0 fully saturated rings. The number of nitrogens with zero attached hydrogens (tertiary/aromatic N) is 1. The summed E-state index contributed by atoms with van der Waals surface area (Å²) in [5, 5.41) is 4.87. The second-order valence-corrected chi connectivity index (χ2v) is 3.74. The lowest BCUT2D eigenvalue weighted by Crippen LogP contribution is -1.74. The van der Waals surface area contributed by atoms with Crippen LogP contribution in [-0.2, 0) is 0 Å². The zero-order chi connectivity index (χ0) is 7.68. The van der Waals surface area contributed by atoms with E-state index in [-0.39, 0.29) is 0 Å². The molecule has 0 saturated heterocycles. The topological polar surface area (TPSA) is 38.9 Å². The van der Waals surface area contributed by atoms with E-state index >= 15 is 0 Å². The number of aromatic nitrogens is 1. The van der Waals surface area contributed by atoms with E-state index in [0.29, 0.717) is 0 Å². The molecule has 4 heteroatoms. The Balaban J connectivity index is 2.45. The fraction of sp³-hybridized carbons (Fsp3) is 0. The second kappa shape index (κ2) is 2.64. The van der Waals surface area contributed by atoms with Crippen LogP contribution in [0, 0.1) is 0 Å². The molecule has 0 aliphatic heterocycles. The number of nitrogens with two attached hydrogens (primary N) is 1. The summed E-state index contributed by atoms with van der Waals surface area (Å²) < 4.78 is 4.18. The number of nitrogen functional groups attached to an aromatic ring is 1. The molecule has 2 rings (SSSR count). The normalized spacial score (nSPS) is 10.2. The molecule has 2 aromatic rings. The Hall–Kier alpha value is -0.870. The van der Waals surface area contributed by atoms with Crippen molar-refractivity contribution in [2.75, 3.05) is 5.73 Å². The lowest BCUT2D eigenvalue weighted by molar-refractivity contribution is 1.56. The lowest BCUT2D eigenvalue weighted by atomic mass is 10.2. The molecule has 0 aliphatic rings. The molecule has 2 nitrogen and oxygen atoms in total. The molecule has 2 aromatic heterocycles. The smallest absolute Gasteiger partial charge is 0.107 e. The molecule has 0 saturated carbocycles. The van der Waals surface area contributed by atoms with Crippen LogP contribution in [0.25, 0.3) is 11.3 Å². The van der Waals surface area contributed by atoms with Crippen LogP contribution in [0.2, 0.25) is 0 Å². The average Bonchev–Trinajstić information content (AvgIpc) is 2.55. The Bertz CT molecular complexity index is 337. The Kier molecular flexibility index (Phi) is 1.63. The summed E-state index contributed by atoms with van der Waals surface area (Å²) in [6.07, 6.45) is 0. The van der Waals surface area contributed by atoms with E-state index in [1.54, 1.807) is 11.3 Å². The summed E-state index contributed by atoms with van der Waals surface area (Å²) in [7, 11) is 0. The van der Waals surface area contributed by atoms with Gasteiger partial charge in [0.2, 0.25) is 0 Å². The van der Waals surface area contributed by atoms with Crippen molar-refractivity contribution in [2.24, 2.45) is 0 Å². The van der Waals surface area contributed by atoms with Gasteiger partial charge in [0.1, 0.15) is 5.00 Å². The third-order valence-electron chi connectivity index (χ3n) is 1.35. The largest absolute Gasteiger partial charge is 0.389 e. The van der Waals surface area contributed by atoms with Crippen LogP contribution in [0.15, 0.2) is 22.9 Å². The van der Waals surface area contributed by atoms with Crippen molar-refractivity contribution in [1.29, 1.82) is 0 Å². The van der Waals surface area contributed by atoms with E-state index in [2.05, 4.69) is 9.75 Å². The van der Waals surface area contributed by atoms with E-state index in [4.69, 9.17) is 5.73 Å². The second-order valence-electron chi connectivity index (χ2n) is 2.13. The number of anilines is 1. The molecule has 0 aromatic carbocycles. The van der Waals surface area contributed by atoms with Crippen molar-refractivity contribution in [2.45, 2.75) is 0 Å². The minimum atomic E-state index is 0.770. The first kappa shape index (κ1) is 6.82. The summed E-state index contributed by atoms with van der Waals surface area (Å²) >= 11 is 3.00. The van der Waals surface area contributed by atoms with Gasteiger partial charge in [-0.1, -0.05) is 0 Å². The third kappa shape index (κ3) is 1.27. The highest BCUT2D eigenvalue weighted by molar-refractivity contribution is 7.10. The molecule has 0 unspecified atom stereocenters. The molecule has 0 spiro atoms. The molecule has 11 heavy (non-hydrogen) atoms. The molecular weight excluding hydrogens is 176 g/mol. The van der Waals surface area contributed by atoms with Crippen molar-refractivity contribution in [3.05, 3.63) is 22.9 Å². The van der Waals surface area contributed by atoms with Crippen LogP contribution in [0.4, 0.5) is 5.00 Å². The quantitative estimate of drug-likeness (QED) is 0.735. The molecular formula is C7H6N2S2. The van der Waals surface area contributed by atoms with E-state index in [9.17, 15) is 0 Å². The van der Waals surface area contributed by atoms with Gasteiger partial charge in [-0.05, 0) is 23.0 Å². The molecule has 0 aliphatic carbocycles. The zero-order valence-electron chi connectivity index (χ0n) is 5.65. The van der Waals surface area contributed by atoms with Gasteiger partial charge in [0, 0.05) is 17.0 Å². The molecule has 0 amide bonds. The van der Waals surface area contributed by atoms with E-state index in [1.807, 2.05) is 17.5 Å². The Morgan fingerprint density at radius 1 is 1.45 bits per heavy atom. The fourth-order valence-electron chi connectivity index (χ4n) is 0.836. The highest BCUT2D eigenvalue weighted by Crippen LogP contribution is 2.24. The van der Waals surface area contributed by atoms with Crippen LogP contribution >= 0.6 is 22.9 Å². The summed E-state index contributed by atoms with van der Waals surface area (Å²) in [5.41, 5.74) is 7.68. The van der Waals surface area contributed by atoms with Gasteiger partial charge in [-0.25, -0.2) is 0 Å². The average molecular weight is 182 g/mol. The van der Waals surface area contributed by atoms with Gasteiger partial charge >= 0.3 is 0 Å². The van der Waals surface area contributed by atoms with Gasteiger partial charge in [-0.2, -0.15) is 15.7 Å². The Morgan fingerprint density at radius 2 is 2.36 bits per heavy atom. The number of hydrogen-bond acceptors (Lipinski definition) is 4. The van der Waals surface area contributed by atoms with E-state index < -0.39 is 0 Å². The maximum Gasteiger partial charge on any atom is 0.107 e. The third-order valence-corrected chi connectivity index (χ3v) is 2.65. The highest BCUT2D eigenvalue weighted by atomic mass is 32.1. The summed E-state index contributed by atoms with van der Waals surface area (Å²) in [6.45, 7) is 0. The Labute approximate surface area is 72.5 Å². The number of thiophene rings is 1. The summed E-state index contributed by atoms with van der Waals surface area (Å²) in [5.74, 6) is 0. The zero-order valence-corrected chi connectivity index (χ0v) is 7.28. The fourth-order valence-corrected chi connectivity index (χ4v) is 2.01. The Morgan fingerprint density at radius 3 is 2.91 bits per heavy atom. The van der Waals surface area contributed by atoms with Crippen LogP contribution in [0.3, 0.4) is 0 Å². The van der Waals surface area contributed by atoms with Crippen LogP contribution in [-0.4, -0.2) is 4.37 Å². The van der Waals surface area contributed by atoms with Crippen LogP contribution < -0.4 is 5.73 Å². The van der Waals surface area contributed by atoms with Crippen molar-refractivity contribution >= 4 is 27.9 Å². The van der Waals surface area contributed by atoms with Gasteiger partial charge in [0.05, 0.1) is 5.69 Å². The van der Waals surface area contributed by atoms with Gasteiger partial charge in [-0.3, -0.25) is 0 Å². The van der Waals surface area contributed by atoms with Crippen LogP contribution in [0.1, 0.15) is 0 Å². The maximum absolute atomic E-state index is 5.54. The van der Waals surface area contributed by atoms with Crippen molar-refractivity contribution < 1.29 is 0 Å². The molecule has 56 valence electrons. The molecule has 0 radical (unpaired) electrons. The van der Waals surface area contributed by atoms with E-state index in [1.165, 1.54) is 11.5 Å². The van der Waals surface area contributed by atoms with Crippen molar-refractivity contribution in [3.8, 4) is 11.3 Å². The van der Waals surface area contributed by atoms with Gasteiger partial charge in [0.15, 0.2) is 0 Å². The lowest BCUT2D eigenvalue weighted by Gasteiger charge is -1.84. The highest BCUT2D eigenvalue weighted by Gasteiger charge is 2.01. The first-order valence-electron chi connectivity index (χ1n) is 3.11. The number of rotatable bonds is 1. The van der Waals surface area contributed by atoms with Gasteiger partial charge < -0.3 is 5.73 Å². The summed E-state index contributed by atoms with van der Waals surface area (Å²) in [6, 6.07) is 3.94. The molecule has 0 bridgehead atoms. The standard InChI is InChI=1S/C7H6N2S2/c8-7-3-6(9-11-7)5-1-2-10-4-5/h1-4H,8H2. The molecule has 2 heterocycles. The SMILES string of the molecule is Nc1cc(-c2ccsc2)ns1. The minimum absolute atomic E-state index is 0.770. The van der Waals surface area contributed by atoms with Gasteiger partial charge in [-0.15, -0.1) is 0 Å². The summed E-state index contributed by atoms with van der Waals surface area (Å²) in [4.78, 5) is 0. The van der Waals surface area contributed by atoms with E-state index in [0.717, 1.165) is 16.3 Å². The maximum atomic E-state index is 5.54. The molecule has 2 N–H and O–H groups in total. The first-order valence-corrected chi connectivity index (χ1v) is 4.82. The molecule has 0 atom stereocenters. The first-order chi connectivity index (χ1) is 5.36. The predicted octanol–water partition coefficient (Wildman–Crippen LogP) is 2.45. The predicted molar refractivity (Wildman–Crippen MR) is 49.8 cm³/mol. The minimum Gasteiger partial charge on any atom is -0.389 e. The van der Waals surface area contributed by atoms with Crippen molar-refractivity contribution in [1.82, 2.24) is 4.37 Å². The van der Waals surface area contributed by atoms with Crippen LogP contribution in [0.5, 0.6) is 0 Å². The van der Waals surface area contributed by atoms with Crippen molar-refractivity contribution in [3.63, 3.8) is 0 Å². The van der Waals surface area contributed by atoms with Gasteiger partial charge in [0.25, 0.3) is 0 Å². The number of hydrogen-bond donors (Lipinski definition) is 1. The monoisotopic (exact) mass is 182 g/mol.